The monoisotopic (exact) mass is 388 g/mol. The highest BCUT2D eigenvalue weighted by molar-refractivity contribution is 5.21. The fourth-order valence-corrected chi connectivity index (χ4v) is 8.08. The molecule has 0 amide bonds. The molecule has 0 radical (unpaired) electrons. The van der Waals surface area contributed by atoms with Crippen molar-refractivity contribution in [3.8, 4) is 0 Å². The Balaban J connectivity index is 1.42. The lowest BCUT2D eigenvalue weighted by molar-refractivity contribution is -0.0407. The Hall–Kier alpha value is -0.340. The fourth-order valence-electron chi connectivity index (χ4n) is 8.08. The average molecular weight is 389 g/mol. The van der Waals surface area contributed by atoms with Crippen LogP contribution in [0.3, 0.4) is 0 Å². The minimum atomic E-state index is -0.414. The molecule has 0 aromatic carbocycles. The molecule has 4 rings (SSSR count). The predicted octanol–water partition coefficient (Wildman–Crippen LogP) is 6.26. The number of rotatable bonds is 6. The van der Waals surface area contributed by atoms with E-state index in [2.05, 4.69) is 19.9 Å². The van der Waals surface area contributed by atoms with Crippen molar-refractivity contribution in [2.24, 2.45) is 35.0 Å². The number of aliphatic hydroxyl groups excluding tert-OH is 1. The number of allylic oxidation sites excluding steroid dienone is 1. The number of aliphatic hydroxyl groups is 2. The van der Waals surface area contributed by atoms with Gasteiger partial charge in [-0.25, -0.2) is 0 Å². The van der Waals surface area contributed by atoms with Gasteiger partial charge in [0.1, 0.15) is 0 Å². The van der Waals surface area contributed by atoms with Gasteiger partial charge in [-0.05, 0) is 113 Å². The van der Waals surface area contributed by atoms with E-state index >= 15 is 0 Å². The van der Waals surface area contributed by atoms with E-state index in [-0.39, 0.29) is 6.10 Å². The van der Waals surface area contributed by atoms with Crippen LogP contribution in [0.1, 0.15) is 104 Å². The molecule has 8 atom stereocenters. The first-order valence-corrected chi connectivity index (χ1v) is 12.5. The van der Waals surface area contributed by atoms with Gasteiger partial charge in [0.05, 0.1) is 11.7 Å². The van der Waals surface area contributed by atoms with Gasteiger partial charge >= 0.3 is 0 Å². The first-order valence-electron chi connectivity index (χ1n) is 12.5. The summed E-state index contributed by atoms with van der Waals surface area (Å²) in [5, 5.41) is 20.4. The molecular weight excluding hydrogens is 344 g/mol. The zero-order valence-electron chi connectivity index (χ0n) is 18.6. The molecule has 0 aromatic rings. The third kappa shape index (κ3) is 3.73. The summed E-state index contributed by atoms with van der Waals surface area (Å²) >= 11 is 0. The number of hydrogen-bond donors (Lipinski definition) is 2. The maximum Gasteiger partial charge on any atom is 0.0682 e. The van der Waals surface area contributed by atoms with E-state index in [1.807, 2.05) is 6.92 Å². The summed E-state index contributed by atoms with van der Waals surface area (Å²) in [5.41, 5.74) is 1.77. The van der Waals surface area contributed by atoms with Gasteiger partial charge in [-0.15, -0.1) is 0 Å². The van der Waals surface area contributed by atoms with Crippen molar-refractivity contribution in [2.45, 2.75) is 116 Å². The molecule has 3 fully saturated rings. The highest BCUT2D eigenvalue weighted by Crippen LogP contribution is 2.64. The standard InChI is InChI=1S/C26H44O2/c1-4-26(28)16-14-21-19(17-26)9-11-23-22(21)13-15-25(3)20(10-12-24(23)25)8-6-5-7-18(2)27/h9,18,20-24,27-28H,4-8,10-17H2,1-3H3/t18-,20+,21+,22-,23-,24+,25-,26+/m1/s1. The molecular formula is C26H44O2. The average Bonchev–Trinajstić information content (AvgIpc) is 3.01. The lowest BCUT2D eigenvalue weighted by Gasteiger charge is -2.54. The molecule has 0 unspecified atom stereocenters. The highest BCUT2D eigenvalue weighted by atomic mass is 16.3. The van der Waals surface area contributed by atoms with Gasteiger partial charge in [-0.2, -0.15) is 0 Å². The van der Waals surface area contributed by atoms with Gasteiger partial charge < -0.3 is 10.2 Å². The lowest BCUT2D eigenvalue weighted by atomic mass is 9.51. The van der Waals surface area contributed by atoms with E-state index in [0.29, 0.717) is 5.41 Å². The maximum atomic E-state index is 10.8. The van der Waals surface area contributed by atoms with Gasteiger partial charge in [0.25, 0.3) is 0 Å². The van der Waals surface area contributed by atoms with Crippen molar-refractivity contribution in [1.82, 2.24) is 0 Å². The molecule has 0 aromatic heterocycles. The molecule has 2 heteroatoms. The van der Waals surface area contributed by atoms with Gasteiger partial charge in [-0.1, -0.05) is 38.3 Å². The summed E-state index contributed by atoms with van der Waals surface area (Å²) in [6, 6.07) is 0. The Bertz CT molecular complexity index is 581. The van der Waals surface area contributed by atoms with Crippen molar-refractivity contribution in [2.75, 3.05) is 0 Å². The van der Waals surface area contributed by atoms with Crippen LogP contribution in [0.25, 0.3) is 0 Å². The molecule has 2 nitrogen and oxygen atoms in total. The molecule has 160 valence electrons. The van der Waals surface area contributed by atoms with Gasteiger partial charge in [-0.3, -0.25) is 0 Å². The van der Waals surface area contributed by atoms with Crippen molar-refractivity contribution >= 4 is 0 Å². The Morgan fingerprint density at radius 1 is 1.11 bits per heavy atom. The van der Waals surface area contributed by atoms with Gasteiger partial charge in [0.15, 0.2) is 0 Å². The van der Waals surface area contributed by atoms with Crippen LogP contribution in [0.15, 0.2) is 11.6 Å². The van der Waals surface area contributed by atoms with E-state index in [1.54, 1.807) is 5.57 Å². The normalized spacial score (nSPS) is 46.3. The predicted molar refractivity (Wildman–Crippen MR) is 116 cm³/mol. The molecule has 0 saturated heterocycles. The first-order chi connectivity index (χ1) is 13.4. The van der Waals surface area contributed by atoms with E-state index in [0.717, 1.165) is 55.3 Å². The van der Waals surface area contributed by atoms with Crippen molar-refractivity contribution < 1.29 is 10.2 Å². The second-order valence-electron chi connectivity index (χ2n) is 11.3. The topological polar surface area (TPSA) is 40.5 Å². The summed E-state index contributed by atoms with van der Waals surface area (Å²) < 4.78 is 0. The third-order valence-corrected chi connectivity index (χ3v) is 9.87. The largest absolute Gasteiger partial charge is 0.393 e. The second kappa shape index (κ2) is 8.06. The smallest absolute Gasteiger partial charge is 0.0682 e. The summed E-state index contributed by atoms with van der Waals surface area (Å²) in [6.07, 6.45) is 18.4. The number of unbranched alkanes of at least 4 members (excludes halogenated alkanes) is 1. The summed E-state index contributed by atoms with van der Waals surface area (Å²) in [4.78, 5) is 0. The fraction of sp³-hybridized carbons (Fsp3) is 0.923. The molecule has 2 N–H and O–H groups in total. The molecule has 28 heavy (non-hydrogen) atoms. The van der Waals surface area contributed by atoms with Crippen LogP contribution in [-0.4, -0.2) is 21.9 Å². The zero-order valence-corrected chi connectivity index (χ0v) is 18.6. The van der Waals surface area contributed by atoms with E-state index in [9.17, 15) is 10.2 Å². The number of fused-ring (bicyclic) bond motifs is 5. The Morgan fingerprint density at radius 2 is 1.93 bits per heavy atom. The summed E-state index contributed by atoms with van der Waals surface area (Å²) in [6.45, 7) is 6.71. The molecule has 0 spiro atoms. The molecule has 4 aliphatic carbocycles. The summed E-state index contributed by atoms with van der Waals surface area (Å²) in [7, 11) is 0. The van der Waals surface area contributed by atoms with Gasteiger partial charge in [0.2, 0.25) is 0 Å². The van der Waals surface area contributed by atoms with Crippen LogP contribution < -0.4 is 0 Å². The molecule has 0 aliphatic heterocycles. The van der Waals surface area contributed by atoms with Gasteiger partial charge in [0, 0.05) is 0 Å². The highest BCUT2D eigenvalue weighted by Gasteiger charge is 2.55. The zero-order chi connectivity index (χ0) is 19.9. The van der Waals surface area contributed by atoms with Crippen molar-refractivity contribution in [1.29, 1.82) is 0 Å². The van der Waals surface area contributed by atoms with Crippen LogP contribution >= 0.6 is 0 Å². The Morgan fingerprint density at radius 3 is 2.68 bits per heavy atom. The SMILES string of the molecule is CC[C@]1(O)CC[C@H]2C(=CC[C@@H]3[C@@H]2CC[C@]2(C)[C@@H](CCCC[C@@H](C)O)CC[C@@H]32)C1. The van der Waals surface area contributed by atoms with Crippen molar-refractivity contribution in [3.63, 3.8) is 0 Å². The van der Waals surface area contributed by atoms with E-state index < -0.39 is 5.60 Å². The van der Waals surface area contributed by atoms with Crippen LogP contribution in [-0.2, 0) is 0 Å². The quantitative estimate of drug-likeness (QED) is 0.416. The lowest BCUT2D eigenvalue weighted by Crippen LogP contribution is -2.47. The molecule has 0 bridgehead atoms. The van der Waals surface area contributed by atoms with Crippen molar-refractivity contribution in [3.05, 3.63) is 11.6 Å². The van der Waals surface area contributed by atoms with Crippen LogP contribution in [0, 0.1) is 35.0 Å². The molecule has 3 saturated carbocycles. The second-order valence-corrected chi connectivity index (χ2v) is 11.3. The van der Waals surface area contributed by atoms with E-state index in [4.69, 9.17) is 0 Å². The molecule has 4 aliphatic rings. The summed E-state index contributed by atoms with van der Waals surface area (Å²) in [5.74, 6) is 4.42. The third-order valence-electron chi connectivity index (χ3n) is 9.87. The maximum absolute atomic E-state index is 10.8. The Labute approximate surface area is 173 Å². The first kappa shape index (κ1) is 20.9. The van der Waals surface area contributed by atoms with Crippen LogP contribution in [0.5, 0.6) is 0 Å². The van der Waals surface area contributed by atoms with E-state index in [1.165, 1.54) is 57.8 Å². The minimum absolute atomic E-state index is 0.133. The Kier molecular flexibility index (Phi) is 6.02. The van der Waals surface area contributed by atoms with Crippen LogP contribution in [0.2, 0.25) is 0 Å². The minimum Gasteiger partial charge on any atom is -0.393 e. The molecule has 0 heterocycles. The van der Waals surface area contributed by atoms with Crippen LogP contribution in [0.4, 0.5) is 0 Å². The number of hydrogen-bond acceptors (Lipinski definition) is 2.